The van der Waals surface area contributed by atoms with Crippen molar-refractivity contribution in [2.24, 2.45) is 0 Å². The van der Waals surface area contributed by atoms with Gasteiger partial charge in [0.2, 0.25) is 0 Å². The number of aliphatic hydroxyl groups is 1. The number of rotatable bonds is 57. The number of ether oxygens (including phenoxy) is 3. The van der Waals surface area contributed by atoms with Gasteiger partial charge >= 0.3 is 25.7 Å². The van der Waals surface area contributed by atoms with E-state index in [0.717, 1.165) is 64.2 Å². The van der Waals surface area contributed by atoms with Gasteiger partial charge in [-0.2, -0.15) is 0 Å². The van der Waals surface area contributed by atoms with Gasteiger partial charge in [-0.25, -0.2) is 4.57 Å². The zero-order valence-electron chi connectivity index (χ0n) is 47.8. The van der Waals surface area contributed by atoms with Crippen molar-refractivity contribution >= 4 is 25.7 Å². The first-order valence-electron chi connectivity index (χ1n) is 30.5. The third-order valence-corrected chi connectivity index (χ3v) is 14.2. The number of carbonyl (C=O) groups is 3. The van der Waals surface area contributed by atoms with Gasteiger partial charge in [0.25, 0.3) is 0 Å². The molecule has 0 aromatic carbocycles. The number of carbonyl (C=O) groups excluding carboxylic acids is 3. The topological polar surface area (TPSA) is 155 Å². The van der Waals surface area contributed by atoms with E-state index >= 15 is 0 Å². The zero-order chi connectivity index (χ0) is 54.1. The smallest absolute Gasteiger partial charge is 0.462 e. The minimum atomic E-state index is -4.76. The molecule has 432 valence electrons. The average molecular weight is 1070 g/mol. The minimum absolute atomic E-state index is 0.0583. The van der Waals surface area contributed by atoms with E-state index in [1.165, 1.54) is 167 Å². The molecule has 11 nitrogen and oxygen atoms in total. The molecule has 0 aromatic heterocycles. The molecule has 0 saturated carbocycles. The van der Waals surface area contributed by atoms with Crippen LogP contribution in [0.5, 0.6) is 0 Å². The Morgan fingerprint density at radius 1 is 0.392 bits per heavy atom. The van der Waals surface area contributed by atoms with Gasteiger partial charge in [0.1, 0.15) is 12.7 Å². The molecule has 3 unspecified atom stereocenters. The molecule has 0 bridgehead atoms. The van der Waals surface area contributed by atoms with Gasteiger partial charge in [0.05, 0.1) is 19.8 Å². The lowest BCUT2D eigenvalue weighted by Crippen LogP contribution is -2.30. The highest BCUT2D eigenvalue weighted by Crippen LogP contribution is 2.43. The first-order chi connectivity index (χ1) is 36.2. The third kappa shape index (κ3) is 54.2. The lowest BCUT2D eigenvalue weighted by Gasteiger charge is -2.21. The second kappa shape index (κ2) is 56.6. The highest BCUT2D eigenvalue weighted by atomic mass is 31.2. The van der Waals surface area contributed by atoms with Crippen LogP contribution in [0.25, 0.3) is 0 Å². The largest absolute Gasteiger partial charge is 0.472 e. The highest BCUT2D eigenvalue weighted by Gasteiger charge is 2.28. The van der Waals surface area contributed by atoms with E-state index in [4.69, 9.17) is 23.3 Å². The van der Waals surface area contributed by atoms with E-state index in [9.17, 15) is 28.9 Å². The molecule has 0 fully saturated rings. The molecule has 0 aliphatic rings. The number of allylic oxidation sites excluding steroid dienone is 8. The summed E-state index contributed by atoms with van der Waals surface area (Å²) in [5, 5.41) is 9.80. The molecule has 0 heterocycles. The van der Waals surface area contributed by atoms with Crippen LogP contribution in [0.4, 0.5) is 0 Å². The average Bonchev–Trinajstić information content (AvgIpc) is 3.39. The van der Waals surface area contributed by atoms with Gasteiger partial charge < -0.3 is 24.2 Å². The number of esters is 3. The number of unbranched alkanes of at least 4 members (excludes halogenated alkanes) is 32. The van der Waals surface area contributed by atoms with Gasteiger partial charge in [0, 0.05) is 19.3 Å². The molecule has 0 aromatic rings. The minimum Gasteiger partial charge on any atom is -0.462 e. The molecule has 0 rings (SSSR count). The van der Waals surface area contributed by atoms with Gasteiger partial charge in [-0.15, -0.1) is 0 Å². The summed E-state index contributed by atoms with van der Waals surface area (Å²) >= 11 is 0. The molecule has 12 heteroatoms. The van der Waals surface area contributed by atoms with Crippen molar-refractivity contribution in [2.45, 2.75) is 303 Å². The Labute approximate surface area is 453 Å². The van der Waals surface area contributed by atoms with Crippen molar-refractivity contribution in [1.29, 1.82) is 0 Å². The fourth-order valence-electron chi connectivity index (χ4n) is 8.67. The van der Waals surface area contributed by atoms with Crippen LogP contribution in [-0.4, -0.2) is 66.5 Å². The van der Waals surface area contributed by atoms with E-state index in [0.29, 0.717) is 19.3 Å². The van der Waals surface area contributed by atoms with Crippen LogP contribution in [0.3, 0.4) is 0 Å². The van der Waals surface area contributed by atoms with E-state index in [2.05, 4.69) is 57.2 Å². The summed E-state index contributed by atoms with van der Waals surface area (Å²) in [5.41, 5.74) is 0. The molecular formula is C62H113O11P. The van der Waals surface area contributed by atoms with Crippen LogP contribution < -0.4 is 0 Å². The maximum atomic E-state index is 12.9. The number of hydrogen-bond acceptors (Lipinski definition) is 10. The van der Waals surface area contributed by atoms with Crippen molar-refractivity contribution in [3.05, 3.63) is 48.6 Å². The Bertz CT molecular complexity index is 1430. The fraction of sp³-hybridized carbons (Fsp3) is 0.823. The van der Waals surface area contributed by atoms with Crippen LogP contribution in [0.2, 0.25) is 0 Å². The Balaban J connectivity index is 4.72. The van der Waals surface area contributed by atoms with Crippen molar-refractivity contribution < 1.29 is 52.2 Å². The first-order valence-corrected chi connectivity index (χ1v) is 32.0. The normalized spacial score (nSPS) is 13.6. The van der Waals surface area contributed by atoms with Gasteiger partial charge in [-0.1, -0.05) is 275 Å². The standard InChI is InChI=1S/C62H113O11P/c1-4-7-10-13-16-19-22-25-27-29-31-34-36-39-42-45-48-51-60(64)69-55-59(73-62(66)53-50-47-44-41-38-35-32-30-28-26-23-20-17-14-11-8-5-2)57-71-74(67,68)70-56-58(54-63)72-61(65)52-49-46-43-40-37-33-24-21-18-15-12-9-6-3/h9,12,18,21,33,37,43,46,58-59,63H,4-8,10-11,13-17,19-20,22-32,34-36,38-42,44-45,47-57H2,1-3H3,(H,67,68)/b12-9-,21-18-,37-33-,46-43-. The molecule has 2 N–H and O–H groups in total. The SMILES string of the molecule is CC/C=C\C/C=C\C/C=C\C/C=C\CCC(=O)OC(CO)COP(=O)(O)OCC(COC(=O)CCCCCCCCCCCCCCCCCCC)OC(=O)CCCCCCCCCCCCCCCCCCC. The lowest BCUT2D eigenvalue weighted by molar-refractivity contribution is -0.161. The summed E-state index contributed by atoms with van der Waals surface area (Å²) in [6, 6.07) is 0. The maximum Gasteiger partial charge on any atom is 0.472 e. The Hall–Kier alpha value is -2.56. The van der Waals surface area contributed by atoms with Gasteiger partial charge in [0.15, 0.2) is 6.10 Å². The van der Waals surface area contributed by atoms with Crippen molar-refractivity contribution in [2.75, 3.05) is 26.4 Å². The number of aliphatic hydroxyl groups excluding tert-OH is 1. The Kier molecular flexibility index (Phi) is 54.7. The molecule has 0 aliphatic carbocycles. The zero-order valence-corrected chi connectivity index (χ0v) is 48.7. The fourth-order valence-corrected chi connectivity index (χ4v) is 9.45. The molecule has 0 saturated heterocycles. The monoisotopic (exact) mass is 1060 g/mol. The van der Waals surface area contributed by atoms with E-state index in [1.54, 1.807) is 0 Å². The summed E-state index contributed by atoms with van der Waals surface area (Å²) < 4.78 is 39.5. The highest BCUT2D eigenvalue weighted by molar-refractivity contribution is 7.47. The van der Waals surface area contributed by atoms with Crippen molar-refractivity contribution in [3.8, 4) is 0 Å². The molecule has 3 atom stereocenters. The summed E-state index contributed by atoms with van der Waals surface area (Å²) in [5.74, 6) is -1.53. The predicted octanol–water partition coefficient (Wildman–Crippen LogP) is 18.1. The number of hydrogen-bond donors (Lipinski definition) is 2. The van der Waals surface area contributed by atoms with Crippen LogP contribution >= 0.6 is 7.82 Å². The van der Waals surface area contributed by atoms with Crippen molar-refractivity contribution in [1.82, 2.24) is 0 Å². The summed E-state index contributed by atoms with van der Waals surface area (Å²) in [7, 11) is -4.76. The van der Waals surface area contributed by atoms with Crippen molar-refractivity contribution in [3.63, 3.8) is 0 Å². The van der Waals surface area contributed by atoms with Crippen LogP contribution in [0, 0.1) is 0 Å². The summed E-state index contributed by atoms with van der Waals surface area (Å²) in [6.45, 7) is 4.51. The molecule has 74 heavy (non-hydrogen) atoms. The lowest BCUT2D eigenvalue weighted by atomic mass is 10.0. The quantitative estimate of drug-likeness (QED) is 0.0197. The molecule has 0 radical (unpaired) electrons. The Morgan fingerprint density at radius 3 is 1.08 bits per heavy atom. The Morgan fingerprint density at radius 2 is 0.703 bits per heavy atom. The number of phosphoric acid groups is 1. The van der Waals surface area contributed by atoms with Crippen LogP contribution in [0.1, 0.15) is 290 Å². The molecular weight excluding hydrogens is 952 g/mol. The second-order valence-electron chi connectivity index (χ2n) is 20.5. The summed E-state index contributed by atoms with van der Waals surface area (Å²) in [4.78, 5) is 48.6. The summed E-state index contributed by atoms with van der Waals surface area (Å²) in [6.07, 6.45) is 60.9. The van der Waals surface area contributed by atoms with Gasteiger partial charge in [-0.3, -0.25) is 23.4 Å². The third-order valence-electron chi connectivity index (χ3n) is 13.3. The maximum absolute atomic E-state index is 12.9. The molecule has 0 amide bonds. The van der Waals surface area contributed by atoms with E-state index in [1.807, 2.05) is 12.2 Å². The molecule has 0 aliphatic heterocycles. The first kappa shape index (κ1) is 71.4. The second-order valence-corrected chi connectivity index (χ2v) is 22.0. The number of phosphoric ester groups is 1. The molecule has 0 spiro atoms. The van der Waals surface area contributed by atoms with Gasteiger partial charge in [-0.05, 0) is 44.9 Å². The van der Waals surface area contributed by atoms with E-state index in [-0.39, 0.29) is 25.9 Å². The predicted molar refractivity (Wildman–Crippen MR) is 307 cm³/mol. The van der Waals surface area contributed by atoms with Crippen LogP contribution in [-0.2, 0) is 42.2 Å². The van der Waals surface area contributed by atoms with E-state index < -0.39 is 57.8 Å². The van der Waals surface area contributed by atoms with Crippen LogP contribution in [0.15, 0.2) is 48.6 Å².